The number of rotatable bonds is 7. The van der Waals surface area contributed by atoms with E-state index in [0.717, 1.165) is 6.07 Å². The van der Waals surface area contributed by atoms with Crippen LogP contribution in [0.2, 0.25) is 0 Å². The van der Waals surface area contributed by atoms with Crippen LogP contribution in [0.4, 0.5) is 15.8 Å². The third kappa shape index (κ3) is 4.12. The van der Waals surface area contributed by atoms with Crippen molar-refractivity contribution < 1.29 is 24.0 Å². The van der Waals surface area contributed by atoms with E-state index in [1.807, 2.05) is 13.8 Å². The van der Waals surface area contributed by atoms with Crippen molar-refractivity contribution >= 4 is 17.3 Å². The zero-order chi connectivity index (χ0) is 16.2. The zero-order valence-corrected chi connectivity index (χ0v) is 11.9. The van der Waals surface area contributed by atoms with E-state index < -0.39 is 28.0 Å². The minimum absolute atomic E-state index is 0.0467. The maximum atomic E-state index is 13.5. The van der Waals surface area contributed by atoms with Gasteiger partial charge in [0.1, 0.15) is 11.5 Å². The summed E-state index contributed by atoms with van der Waals surface area (Å²) in [7, 11) is 1.48. The molecule has 0 bridgehead atoms. The molecule has 1 aromatic carbocycles. The fourth-order valence-corrected chi connectivity index (χ4v) is 1.77. The maximum absolute atomic E-state index is 13.5. The Labute approximate surface area is 120 Å². The number of hydrogen-bond donors (Lipinski definition) is 2. The van der Waals surface area contributed by atoms with Gasteiger partial charge < -0.3 is 15.2 Å². The van der Waals surface area contributed by atoms with Crippen LogP contribution < -0.4 is 5.32 Å². The highest BCUT2D eigenvalue weighted by Gasteiger charge is 2.24. The molecule has 1 rings (SSSR count). The molecule has 2 N–H and O–H groups in total. The number of nitrogens with one attached hydrogen (secondary N) is 1. The molecule has 0 aliphatic rings. The standard InChI is InChI=1S/C13H17FN2O5/c1-7(2)11(6-21-3)15-10-4-8(13(17)18)9(14)5-12(10)16(19)20/h4-5,7,11,15H,6H2,1-3H3,(H,17,18). The Morgan fingerprint density at radius 1 is 1.52 bits per heavy atom. The largest absolute Gasteiger partial charge is 0.478 e. The highest BCUT2D eigenvalue weighted by molar-refractivity contribution is 5.90. The SMILES string of the molecule is COCC(Nc1cc(C(=O)O)c(F)cc1[N+](=O)[O-])C(C)C. The van der Waals surface area contributed by atoms with Gasteiger partial charge in [-0.05, 0) is 12.0 Å². The number of aromatic carboxylic acids is 1. The molecule has 0 aromatic heterocycles. The Bertz CT molecular complexity index is 548. The molecule has 1 unspecified atom stereocenters. The van der Waals surface area contributed by atoms with Crippen LogP contribution in [0.3, 0.4) is 0 Å². The summed E-state index contributed by atoms with van der Waals surface area (Å²) >= 11 is 0. The summed E-state index contributed by atoms with van der Waals surface area (Å²) in [6, 6.07) is 1.26. The number of carbonyl (C=O) groups is 1. The third-order valence-electron chi connectivity index (χ3n) is 3.00. The second kappa shape index (κ2) is 6.98. The van der Waals surface area contributed by atoms with Gasteiger partial charge >= 0.3 is 5.97 Å². The number of ether oxygens (including phenoxy) is 1. The first-order valence-electron chi connectivity index (χ1n) is 6.24. The van der Waals surface area contributed by atoms with Crippen molar-refractivity contribution in [2.45, 2.75) is 19.9 Å². The Hall–Kier alpha value is -2.22. The van der Waals surface area contributed by atoms with Crippen molar-refractivity contribution in [1.82, 2.24) is 0 Å². The average molecular weight is 300 g/mol. The molecule has 0 fully saturated rings. The van der Waals surface area contributed by atoms with Gasteiger partial charge in [-0.2, -0.15) is 0 Å². The highest BCUT2D eigenvalue weighted by atomic mass is 19.1. The molecule has 1 aromatic rings. The predicted octanol–water partition coefficient (Wildman–Crippen LogP) is 2.52. The first-order valence-corrected chi connectivity index (χ1v) is 6.24. The molecule has 0 aliphatic carbocycles. The monoisotopic (exact) mass is 300 g/mol. The Morgan fingerprint density at radius 3 is 2.57 bits per heavy atom. The van der Waals surface area contributed by atoms with Crippen LogP contribution in [0.15, 0.2) is 12.1 Å². The molecular formula is C13H17FN2O5. The average Bonchev–Trinajstić information content (AvgIpc) is 2.38. The molecular weight excluding hydrogens is 283 g/mol. The van der Waals surface area contributed by atoms with Crippen LogP contribution in [-0.4, -0.2) is 35.8 Å². The van der Waals surface area contributed by atoms with E-state index in [4.69, 9.17) is 9.84 Å². The van der Waals surface area contributed by atoms with Crippen molar-refractivity contribution in [1.29, 1.82) is 0 Å². The molecule has 0 heterocycles. The van der Waals surface area contributed by atoms with E-state index in [0.29, 0.717) is 6.07 Å². The summed E-state index contributed by atoms with van der Waals surface area (Å²) < 4.78 is 18.6. The van der Waals surface area contributed by atoms with Gasteiger partial charge in [-0.25, -0.2) is 9.18 Å². The van der Waals surface area contributed by atoms with Gasteiger partial charge in [0.15, 0.2) is 0 Å². The van der Waals surface area contributed by atoms with Gasteiger partial charge in [0.25, 0.3) is 5.69 Å². The normalized spacial score (nSPS) is 12.2. The molecule has 8 heteroatoms. The first kappa shape index (κ1) is 16.8. The molecule has 1 atom stereocenters. The Kier molecular flexibility index (Phi) is 5.60. The lowest BCUT2D eigenvalue weighted by Gasteiger charge is -2.22. The topological polar surface area (TPSA) is 102 Å². The van der Waals surface area contributed by atoms with Crippen molar-refractivity contribution in [2.75, 3.05) is 19.0 Å². The summed E-state index contributed by atoms with van der Waals surface area (Å²) in [5.41, 5.74) is -1.18. The number of hydrogen-bond acceptors (Lipinski definition) is 5. The lowest BCUT2D eigenvalue weighted by atomic mass is 10.0. The number of benzene rings is 1. The van der Waals surface area contributed by atoms with Crippen molar-refractivity contribution in [3.63, 3.8) is 0 Å². The summed E-state index contributed by atoms with van der Waals surface area (Å²) in [5, 5.41) is 22.7. The molecule has 116 valence electrons. The molecule has 0 radical (unpaired) electrons. The number of carboxylic acids is 1. The second-order valence-electron chi connectivity index (χ2n) is 4.86. The lowest BCUT2D eigenvalue weighted by Crippen LogP contribution is -2.30. The molecule has 0 amide bonds. The Morgan fingerprint density at radius 2 is 2.14 bits per heavy atom. The maximum Gasteiger partial charge on any atom is 0.338 e. The molecule has 0 saturated heterocycles. The van der Waals surface area contributed by atoms with E-state index in [-0.39, 0.29) is 24.3 Å². The minimum atomic E-state index is -1.49. The van der Waals surface area contributed by atoms with Crippen LogP contribution >= 0.6 is 0 Å². The minimum Gasteiger partial charge on any atom is -0.478 e. The predicted molar refractivity (Wildman–Crippen MR) is 74.1 cm³/mol. The second-order valence-corrected chi connectivity index (χ2v) is 4.86. The third-order valence-corrected chi connectivity index (χ3v) is 3.00. The zero-order valence-electron chi connectivity index (χ0n) is 11.9. The van der Waals surface area contributed by atoms with Crippen LogP contribution in [0.25, 0.3) is 0 Å². The number of carboxylic acid groups (broad SMARTS) is 1. The van der Waals surface area contributed by atoms with Gasteiger partial charge in [0.05, 0.1) is 29.2 Å². The van der Waals surface area contributed by atoms with E-state index in [1.54, 1.807) is 0 Å². The fraction of sp³-hybridized carbons (Fsp3) is 0.462. The van der Waals surface area contributed by atoms with E-state index >= 15 is 0 Å². The molecule has 0 aliphatic heterocycles. The molecule has 0 spiro atoms. The van der Waals surface area contributed by atoms with E-state index in [9.17, 15) is 19.3 Å². The summed E-state index contributed by atoms with van der Waals surface area (Å²) in [6.45, 7) is 4.03. The number of methoxy groups -OCH3 is 1. The smallest absolute Gasteiger partial charge is 0.338 e. The van der Waals surface area contributed by atoms with Gasteiger partial charge in [-0.15, -0.1) is 0 Å². The van der Waals surface area contributed by atoms with E-state index in [2.05, 4.69) is 5.32 Å². The lowest BCUT2D eigenvalue weighted by molar-refractivity contribution is -0.384. The van der Waals surface area contributed by atoms with Gasteiger partial charge in [-0.1, -0.05) is 13.8 Å². The quantitative estimate of drug-likeness (QED) is 0.592. The van der Waals surface area contributed by atoms with Crippen LogP contribution in [-0.2, 0) is 4.74 Å². The highest BCUT2D eigenvalue weighted by Crippen LogP contribution is 2.29. The van der Waals surface area contributed by atoms with Gasteiger partial charge in [0, 0.05) is 7.11 Å². The summed E-state index contributed by atoms with van der Waals surface area (Å²) in [4.78, 5) is 21.2. The van der Waals surface area contributed by atoms with E-state index in [1.165, 1.54) is 7.11 Å². The van der Waals surface area contributed by atoms with Gasteiger partial charge in [0.2, 0.25) is 0 Å². The van der Waals surface area contributed by atoms with Crippen LogP contribution in [0.5, 0.6) is 0 Å². The molecule has 7 nitrogen and oxygen atoms in total. The molecule has 21 heavy (non-hydrogen) atoms. The number of nitrogens with zero attached hydrogens (tertiary/aromatic N) is 1. The van der Waals surface area contributed by atoms with Crippen LogP contribution in [0, 0.1) is 21.8 Å². The van der Waals surface area contributed by atoms with Crippen LogP contribution in [0.1, 0.15) is 24.2 Å². The molecule has 0 saturated carbocycles. The number of halogens is 1. The van der Waals surface area contributed by atoms with Gasteiger partial charge in [-0.3, -0.25) is 10.1 Å². The number of nitro groups is 1. The summed E-state index contributed by atoms with van der Waals surface area (Å²) in [5.74, 6) is -2.56. The van der Waals surface area contributed by atoms with Crippen molar-refractivity contribution in [2.24, 2.45) is 5.92 Å². The Balaban J connectivity index is 3.27. The summed E-state index contributed by atoms with van der Waals surface area (Å²) in [6.07, 6.45) is 0. The number of anilines is 1. The van der Waals surface area contributed by atoms with Crippen molar-refractivity contribution in [3.05, 3.63) is 33.6 Å². The number of nitro benzene ring substituents is 1. The fourth-order valence-electron chi connectivity index (χ4n) is 1.77. The van der Waals surface area contributed by atoms with Crippen molar-refractivity contribution in [3.8, 4) is 0 Å². The first-order chi connectivity index (χ1) is 9.77.